The van der Waals surface area contributed by atoms with Crippen LogP contribution in [0.2, 0.25) is 0 Å². The fraction of sp³-hybridized carbons (Fsp3) is 0.500. The van der Waals surface area contributed by atoms with Gasteiger partial charge in [-0.15, -0.1) is 11.3 Å². The molecule has 2 heterocycles. The SMILES string of the molecule is CCC(C)(C)N(C)c1nc2sccn2c1C(=O)O. The molecular weight excluding hydrogens is 250 g/mol. The summed E-state index contributed by atoms with van der Waals surface area (Å²) < 4.78 is 1.63. The van der Waals surface area contributed by atoms with Gasteiger partial charge in [0, 0.05) is 24.2 Å². The van der Waals surface area contributed by atoms with Gasteiger partial charge in [-0.05, 0) is 20.3 Å². The summed E-state index contributed by atoms with van der Waals surface area (Å²) in [5, 5.41) is 11.2. The topological polar surface area (TPSA) is 57.8 Å². The van der Waals surface area contributed by atoms with Gasteiger partial charge < -0.3 is 10.0 Å². The average Bonchev–Trinajstić information content (AvgIpc) is 2.86. The van der Waals surface area contributed by atoms with Crippen molar-refractivity contribution in [2.75, 3.05) is 11.9 Å². The third-order valence-electron chi connectivity index (χ3n) is 3.54. The molecule has 0 aliphatic carbocycles. The number of imidazole rings is 1. The van der Waals surface area contributed by atoms with Gasteiger partial charge in [0.2, 0.25) is 0 Å². The van der Waals surface area contributed by atoms with Gasteiger partial charge in [-0.3, -0.25) is 4.40 Å². The molecule has 2 aromatic heterocycles. The Bertz CT molecular complexity index is 585. The predicted octanol–water partition coefficient (Wildman–Crippen LogP) is 2.72. The molecule has 2 rings (SSSR count). The maximum atomic E-state index is 11.4. The van der Waals surface area contributed by atoms with Crippen LogP contribution in [0.25, 0.3) is 4.96 Å². The van der Waals surface area contributed by atoms with E-state index in [9.17, 15) is 9.90 Å². The second-order valence-corrected chi connectivity index (χ2v) is 5.74. The number of aromatic carboxylic acids is 1. The van der Waals surface area contributed by atoms with Gasteiger partial charge in [-0.25, -0.2) is 9.78 Å². The summed E-state index contributed by atoms with van der Waals surface area (Å²) in [4.78, 5) is 18.5. The molecule has 5 nitrogen and oxygen atoms in total. The number of hydrogen-bond donors (Lipinski definition) is 1. The third kappa shape index (κ3) is 1.86. The van der Waals surface area contributed by atoms with Gasteiger partial charge in [0.1, 0.15) is 0 Å². The van der Waals surface area contributed by atoms with Crippen LogP contribution in [-0.2, 0) is 0 Å². The van der Waals surface area contributed by atoms with Crippen molar-refractivity contribution in [2.24, 2.45) is 0 Å². The van der Waals surface area contributed by atoms with E-state index in [0.717, 1.165) is 6.42 Å². The lowest BCUT2D eigenvalue weighted by atomic mass is 10.00. The number of aromatic nitrogens is 2. The number of fused-ring (bicyclic) bond motifs is 1. The van der Waals surface area contributed by atoms with Crippen LogP contribution < -0.4 is 4.90 Å². The highest BCUT2D eigenvalue weighted by Crippen LogP contribution is 2.29. The van der Waals surface area contributed by atoms with Crippen molar-refractivity contribution in [1.29, 1.82) is 0 Å². The third-order valence-corrected chi connectivity index (χ3v) is 4.29. The Kier molecular flexibility index (Phi) is 3.06. The number of carboxylic acids is 1. The Morgan fingerprint density at radius 2 is 2.28 bits per heavy atom. The van der Waals surface area contributed by atoms with Gasteiger partial charge in [-0.2, -0.15) is 0 Å². The summed E-state index contributed by atoms with van der Waals surface area (Å²) >= 11 is 1.44. The largest absolute Gasteiger partial charge is 0.476 e. The van der Waals surface area contributed by atoms with Crippen molar-refractivity contribution in [1.82, 2.24) is 9.38 Å². The average molecular weight is 267 g/mol. The number of hydrogen-bond acceptors (Lipinski definition) is 4. The van der Waals surface area contributed by atoms with E-state index < -0.39 is 5.97 Å². The number of carboxylic acid groups (broad SMARTS) is 1. The van der Waals surface area contributed by atoms with E-state index in [1.807, 2.05) is 17.3 Å². The summed E-state index contributed by atoms with van der Waals surface area (Å²) in [6, 6.07) is 0. The second-order valence-electron chi connectivity index (χ2n) is 4.87. The van der Waals surface area contributed by atoms with Gasteiger partial charge >= 0.3 is 5.97 Å². The molecule has 0 bridgehead atoms. The molecule has 0 aliphatic rings. The van der Waals surface area contributed by atoms with Crippen LogP contribution in [0.3, 0.4) is 0 Å². The number of carbonyl (C=O) groups is 1. The molecule has 0 saturated carbocycles. The minimum Gasteiger partial charge on any atom is -0.476 e. The summed E-state index contributed by atoms with van der Waals surface area (Å²) in [6.07, 6.45) is 2.65. The van der Waals surface area contributed by atoms with Crippen molar-refractivity contribution < 1.29 is 9.90 Å². The van der Waals surface area contributed by atoms with Gasteiger partial charge in [0.15, 0.2) is 16.5 Å². The van der Waals surface area contributed by atoms with Crippen LogP contribution in [0, 0.1) is 0 Å². The monoisotopic (exact) mass is 267 g/mol. The lowest BCUT2D eigenvalue weighted by Gasteiger charge is -2.35. The normalized spacial score (nSPS) is 12.0. The molecule has 0 fully saturated rings. The van der Waals surface area contributed by atoms with E-state index >= 15 is 0 Å². The first-order chi connectivity index (χ1) is 8.38. The molecule has 6 heteroatoms. The van der Waals surface area contributed by atoms with E-state index in [2.05, 4.69) is 25.8 Å². The Hall–Kier alpha value is -1.56. The molecule has 0 aromatic carbocycles. The number of rotatable bonds is 4. The van der Waals surface area contributed by atoms with Crippen LogP contribution in [0.1, 0.15) is 37.7 Å². The summed E-state index contributed by atoms with van der Waals surface area (Å²) in [5.41, 5.74) is 0.101. The smallest absolute Gasteiger partial charge is 0.356 e. The molecule has 0 unspecified atom stereocenters. The van der Waals surface area contributed by atoms with E-state index in [0.29, 0.717) is 10.8 Å². The summed E-state index contributed by atoms with van der Waals surface area (Å²) in [6.45, 7) is 6.23. The Morgan fingerprint density at radius 1 is 1.61 bits per heavy atom. The van der Waals surface area contributed by atoms with Crippen LogP contribution in [-0.4, -0.2) is 33.0 Å². The number of thiazole rings is 1. The molecule has 0 radical (unpaired) electrons. The Balaban J connectivity index is 2.60. The molecular formula is C12H17N3O2S. The maximum Gasteiger partial charge on any atom is 0.356 e. The molecule has 0 aliphatic heterocycles. The predicted molar refractivity (Wildman–Crippen MR) is 72.8 cm³/mol. The van der Waals surface area contributed by atoms with Crippen molar-refractivity contribution in [2.45, 2.75) is 32.7 Å². The molecule has 18 heavy (non-hydrogen) atoms. The van der Waals surface area contributed by atoms with Crippen molar-refractivity contribution in [3.63, 3.8) is 0 Å². The van der Waals surface area contributed by atoms with Crippen LogP contribution in [0.5, 0.6) is 0 Å². The minimum absolute atomic E-state index is 0.131. The molecule has 0 saturated heterocycles. The minimum atomic E-state index is -0.949. The van der Waals surface area contributed by atoms with Gasteiger partial charge in [0.25, 0.3) is 0 Å². The van der Waals surface area contributed by atoms with Crippen molar-refractivity contribution in [3.05, 3.63) is 17.3 Å². The van der Waals surface area contributed by atoms with Crippen molar-refractivity contribution >= 4 is 28.1 Å². The van der Waals surface area contributed by atoms with Crippen LogP contribution >= 0.6 is 11.3 Å². The van der Waals surface area contributed by atoms with E-state index in [1.54, 1.807) is 10.6 Å². The van der Waals surface area contributed by atoms with Crippen molar-refractivity contribution in [3.8, 4) is 0 Å². The highest BCUT2D eigenvalue weighted by atomic mass is 32.1. The molecule has 0 spiro atoms. The first-order valence-corrected chi connectivity index (χ1v) is 6.69. The second kappa shape index (κ2) is 4.28. The lowest BCUT2D eigenvalue weighted by molar-refractivity contribution is 0.0690. The highest BCUT2D eigenvalue weighted by molar-refractivity contribution is 7.15. The Morgan fingerprint density at radius 3 is 2.83 bits per heavy atom. The molecule has 0 atom stereocenters. The zero-order chi connectivity index (χ0) is 13.5. The molecule has 2 aromatic rings. The Labute approximate surface area is 110 Å². The quantitative estimate of drug-likeness (QED) is 0.925. The zero-order valence-electron chi connectivity index (χ0n) is 11.0. The first kappa shape index (κ1) is 12.9. The fourth-order valence-electron chi connectivity index (χ4n) is 1.73. The summed E-state index contributed by atoms with van der Waals surface area (Å²) in [7, 11) is 1.89. The summed E-state index contributed by atoms with van der Waals surface area (Å²) in [5.74, 6) is -0.421. The van der Waals surface area contributed by atoms with E-state index in [4.69, 9.17) is 0 Å². The standard InChI is InChI=1S/C12H17N3O2S/c1-5-12(2,3)14(4)9-8(10(16)17)15-6-7-18-11(15)13-9/h6-7H,5H2,1-4H3,(H,16,17). The molecule has 98 valence electrons. The number of nitrogens with zero attached hydrogens (tertiary/aromatic N) is 3. The molecule has 0 amide bonds. The van der Waals surface area contributed by atoms with E-state index in [-0.39, 0.29) is 11.2 Å². The first-order valence-electron chi connectivity index (χ1n) is 5.81. The molecule has 1 N–H and O–H groups in total. The van der Waals surface area contributed by atoms with E-state index in [1.165, 1.54) is 11.3 Å². The maximum absolute atomic E-state index is 11.4. The highest BCUT2D eigenvalue weighted by Gasteiger charge is 2.29. The zero-order valence-corrected chi connectivity index (χ0v) is 11.8. The lowest BCUT2D eigenvalue weighted by Crippen LogP contribution is -2.41. The number of anilines is 1. The van der Waals surface area contributed by atoms with Gasteiger partial charge in [0.05, 0.1) is 0 Å². The van der Waals surface area contributed by atoms with Gasteiger partial charge in [-0.1, -0.05) is 6.92 Å². The fourth-order valence-corrected chi connectivity index (χ4v) is 2.44. The van der Waals surface area contributed by atoms with Crippen LogP contribution in [0.15, 0.2) is 11.6 Å². The van der Waals surface area contributed by atoms with Crippen LogP contribution in [0.4, 0.5) is 5.82 Å².